The fourth-order valence-corrected chi connectivity index (χ4v) is 2.93. The minimum Gasteiger partial charge on any atom is -0.493 e. The molecular formula is C13H16N2O5S. The van der Waals surface area contributed by atoms with Crippen LogP contribution in [0.4, 0.5) is 5.69 Å². The molecule has 0 radical (unpaired) electrons. The molecule has 114 valence electrons. The Morgan fingerprint density at radius 2 is 1.86 bits per heavy atom. The van der Waals surface area contributed by atoms with Crippen molar-refractivity contribution in [2.24, 2.45) is 0 Å². The second kappa shape index (κ2) is 6.57. The van der Waals surface area contributed by atoms with Crippen LogP contribution in [0.5, 0.6) is 17.2 Å². The summed E-state index contributed by atoms with van der Waals surface area (Å²) in [5, 5.41) is 2.71. The average molecular weight is 312 g/mol. The van der Waals surface area contributed by atoms with Crippen LogP contribution >= 0.6 is 11.8 Å². The van der Waals surface area contributed by atoms with E-state index in [1.54, 1.807) is 12.1 Å². The Balaban J connectivity index is 2.41. The van der Waals surface area contributed by atoms with Crippen molar-refractivity contribution in [3.05, 3.63) is 12.1 Å². The monoisotopic (exact) mass is 312 g/mol. The number of nitrogens with one attached hydrogen (secondary N) is 1. The van der Waals surface area contributed by atoms with Crippen molar-refractivity contribution in [3.63, 3.8) is 0 Å². The number of nitrogens with zero attached hydrogens (tertiary/aromatic N) is 1. The van der Waals surface area contributed by atoms with Gasteiger partial charge in [0.1, 0.15) is 0 Å². The molecule has 2 amide bonds. The number of carbonyl (C=O) groups is 2. The Kier molecular flexibility index (Phi) is 4.79. The Bertz CT molecular complexity index is 526. The van der Waals surface area contributed by atoms with Crippen LogP contribution in [0.3, 0.4) is 0 Å². The molecule has 1 N–H and O–H groups in total. The lowest BCUT2D eigenvalue weighted by atomic mass is 10.2. The van der Waals surface area contributed by atoms with Crippen molar-refractivity contribution >= 4 is 29.8 Å². The first-order valence-corrected chi connectivity index (χ1v) is 7.14. The highest BCUT2D eigenvalue weighted by Crippen LogP contribution is 2.41. The van der Waals surface area contributed by atoms with Gasteiger partial charge in [0.15, 0.2) is 17.0 Å². The third-order valence-electron chi connectivity index (χ3n) is 2.97. The first kappa shape index (κ1) is 15.3. The van der Waals surface area contributed by atoms with Crippen LogP contribution in [0.25, 0.3) is 0 Å². The molecule has 7 nitrogen and oxygen atoms in total. The van der Waals surface area contributed by atoms with Crippen LogP contribution in [0.1, 0.15) is 0 Å². The summed E-state index contributed by atoms with van der Waals surface area (Å²) in [4.78, 5) is 24.1. The zero-order chi connectivity index (χ0) is 15.4. The molecule has 0 aliphatic carbocycles. The SMILES string of the molecule is COc1cc(N(C=O)C2NC(=O)CS2)cc(OC)c1OC. The van der Waals surface area contributed by atoms with E-state index in [9.17, 15) is 9.59 Å². The Morgan fingerprint density at radius 3 is 2.24 bits per heavy atom. The maximum atomic E-state index is 11.4. The van der Waals surface area contributed by atoms with Crippen molar-refractivity contribution in [1.82, 2.24) is 5.32 Å². The lowest BCUT2D eigenvalue weighted by Crippen LogP contribution is -2.41. The highest BCUT2D eigenvalue weighted by Gasteiger charge is 2.29. The van der Waals surface area contributed by atoms with Crippen LogP contribution in [0.2, 0.25) is 0 Å². The van der Waals surface area contributed by atoms with E-state index in [4.69, 9.17) is 14.2 Å². The van der Waals surface area contributed by atoms with Crippen molar-refractivity contribution in [1.29, 1.82) is 0 Å². The maximum absolute atomic E-state index is 11.4. The number of amides is 2. The number of anilines is 1. The molecule has 0 aromatic heterocycles. The molecule has 8 heteroatoms. The van der Waals surface area contributed by atoms with Crippen LogP contribution in [-0.2, 0) is 9.59 Å². The summed E-state index contributed by atoms with van der Waals surface area (Å²) in [7, 11) is 4.50. The lowest BCUT2D eigenvalue weighted by molar-refractivity contribution is -0.118. The molecule has 1 saturated heterocycles. The molecule has 1 heterocycles. The Labute approximate surface area is 126 Å². The molecule has 1 aromatic rings. The largest absolute Gasteiger partial charge is 0.493 e. The number of rotatable bonds is 6. The van der Waals surface area contributed by atoms with Gasteiger partial charge in [0.25, 0.3) is 0 Å². The molecule has 0 bridgehead atoms. The third-order valence-corrected chi connectivity index (χ3v) is 4.06. The molecule has 1 unspecified atom stereocenters. The molecule has 1 aliphatic heterocycles. The predicted molar refractivity (Wildman–Crippen MR) is 79.0 cm³/mol. The highest BCUT2D eigenvalue weighted by molar-refractivity contribution is 8.01. The summed E-state index contributed by atoms with van der Waals surface area (Å²) in [6.07, 6.45) is 0.657. The molecule has 1 atom stereocenters. The topological polar surface area (TPSA) is 77.1 Å². The molecule has 2 rings (SSSR count). The Hall–Kier alpha value is -2.09. The molecule has 0 saturated carbocycles. The van der Waals surface area contributed by atoms with Crippen molar-refractivity contribution in [3.8, 4) is 17.2 Å². The van der Waals surface area contributed by atoms with Crippen molar-refractivity contribution in [2.45, 2.75) is 5.50 Å². The van der Waals surface area contributed by atoms with Gasteiger partial charge in [-0.1, -0.05) is 0 Å². The third kappa shape index (κ3) is 2.99. The smallest absolute Gasteiger partial charge is 0.232 e. The Morgan fingerprint density at radius 1 is 1.24 bits per heavy atom. The molecule has 21 heavy (non-hydrogen) atoms. The second-order valence-corrected chi connectivity index (χ2v) is 5.20. The summed E-state index contributed by atoms with van der Waals surface area (Å²) < 4.78 is 15.7. The van der Waals surface area contributed by atoms with Gasteiger partial charge in [-0.05, 0) is 0 Å². The molecular weight excluding hydrogens is 296 g/mol. The molecule has 1 fully saturated rings. The normalized spacial score (nSPS) is 17.1. The van der Waals surface area contributed by atoms with E-state index >= 15 is 0 Å². The van der Waals surface area contributed by atoms with Gasteiger partial charge in [0.2, 0.25) is 18.1 Å². The fraction of sp³-hybridized carbons (Fsp3) is 0.385. The number of benzene rings is 1. The maximum Gasteiger partial charge on any atom is 0.232 e. The first-order valence-electron chi connectivity index (χ1n) is 6.09. The average Bonchev–Trinajstić information content (AvgIpc) is 2.93. The fourth-order valence-electron chi connectivity index (χ4n) is 1.99. The van der Waals surface area contributed by atoms with Crippen molar-refractivity contribution < 1.29 is 23.8 Å². The number of hydrogen-bond acceptors (Lipinski definition) is 6. The lowest BCUT2D eigenvalue weighted by Gasteiger charge is -2.25. The first-order chi connectivity index (χ1) is 10.1. The number of carbonyl (C=O) groups excluding carboxylic acids is 2. The number of methoxy groups -OCH3 is 3. The second-order valence-electron chi connectivity index (χ2n) is 4.13. The van der Waals surface area contributed by atoms with Crippen LogP contribution in [-0.4, -0.2) is 44.9 Å². The summed E-state index contributed by atoms with van der Waals surface area (Å²) in [6, 6.07) is 3.31. The van der Waals surface area contributed by atoms with E-state index in [1.807, 2.05) is 0 Å². The minimum absolute atomic E-state index is 0.107. The van der Waals surface area contributed by atoms with Gasteiger partial charge in [-0.2, -0.15) is 0 Å². The van der Waals surface area contributed by atoms with Crippen LogP contribution in [0.15, 0.2) is 12.1 Å². The number of thioether (sulfide) groups is 1. The van der Waals surface area contributed by atoms with Gasteiger partial charge in [0.05, 0.1) is 32.8 Å². The molecule has 1 aliphatic rings. The quantitative estimate of drug-likeness (QED) is 0.784. The number of hydrogen-bond donors (Lipinski definition) is 1. The van der Waals surface area contributed by atoms with E-state index in [2.05, 4.69) is 5.32 Å². The summed E-state index contributed by atoms with van der Waals surface area (Å²) in [6.45, 7) is 0. The van der Waals surface area contributed by atoms with E-state index in [0.29, 0.717) is 35.1 Å². The predicted octanol–water partition coefficient (Wildman–Crippen LogP) is 0.822. The van der Waals surface area contributed by atoms with E-state index in [1.165, 1.54) is 38.0 Å². The van der Waals surface area contributed by atoms with Gasteiger partial charge in [-0.25, -0.2) is 0 Å². The van der Waals surface area contributed by atoms with Gasteiger partial charge in [-0.15, -0.1) is 11.8 Å². The molecule has 0 spiro atoms. The summed E-state index contributed by atoms with van der Waals surface area (Å²) in [5.41, 5.74) is 0.0945. The van der Waals surface area contributed by atoms with Crippen molar-refractivity contribution in [2.75, 3.05) is 32.0 Å². The van der Waals surface area contributed by atoms with Gasteiger partial charge in [-0.3, -0.25) is 14.5 Å². The summed E-state index contributed by atoms with van der Waals surface area (Å²) >= 11 is 1.34. The zero-order valence-corrected chi connectivity index (χ0v) is 12.7. The van der Waals surface area contributed by atoms with E-state index in [-0.39, 0.29) is 5.91 Å². The number of ether oxygens (including phenoxy) is 3. The van der Waals surface area contributed by atoms with Gasteiger partial charge in [0, 0.05) is 12.1 Å². The zero-order valence-electron chi connectivity index (χ0n) is 11.9. The van der Waals surface area contributed by atoms with E-state index < -0.39 is 5.50 Å². The molecule has 1 aromatic carbocycles. The summed E-state index contributed by atoms with van der Waals surface area (Å²) in [5.74, 6) is 1.53. The van der Waals surface area contributed by atoms with Crippen LogP contribution in [0, 0.1) is 0 Å². The van der Waals surface area contributed by atoms with Gasteiger partial charge >= 0.3 is 0 Å². The van der Waals surface area contributed by atoms with Crippen LogP contribution < -0.4 is 24.4 Å². The van der Waals surface area contributed by atoms with Gasteiger partial charge < -0.3 is 19.5 Å². The minimum atomic E-state index is -0.446. The standard InChI is InChI=1S/C13H16N2O5S/c1-18-9-4-8(5-10(19-2)12(9)20-3)15(7-16)13-14-11(17)6-21-13/h4-5,7,13H,6H2,1-3H3,(H,14,17). The highest BCUT2D eigenvalue weighted by atomic mass is 32.2. The van der Waals surface area contributed by atoms with E-state index in [0.717, 1.165) is 0 Å².